The summed E-state index contributed by atoms with van der Waals surface area (Å²) in [4.78, 5) is 28.8. The molecule has 4 aromatic rings. The molecule has 0 N–H and O–H groups in total. The lowest BCUT2D eigenvalue weighted by atomic mass is 9.91. The first-order valence-electron chi connectivity index (χ1n) is 11.5. The average Bonchev–Trinajstić information content (AvgIpc) is 3.34. The maximum Gasteiger partial charge on any atom is 0.263 e. The molecule has 0 spiro atoms. The number of methoxy groups -OCH3 is 1. The van der Waals surface area contributed by atoms with E-state index in [1.165, 1.54) is 0 Å². The van der Waals surface area contributed by atoms with Gasteiger partial charge in [-0.05, 0) is 52.9 Å². The van der Waals surface area contributed by atoms with Crippen molar-refractivity contribution in [1.82, 2.24) is 9.30 Å². The normalized spacial score (nSPS) is 18.6. The fraction of sp³-hybridized carbons (Fsp3) is 0.333. The fourth-order valence-corrected chi connectivity index (χ4v) is 6.08. The number of amides is 1. The molecule has 0 aliphatic heterocycles. The van der Waals surface area contributed by atoms with Gasteiger partial charge in [0.15, 0.2) is 0 Å². The van der Waals surface area contributed by atoms with Crippen LogP contribution in [0.1, 0.15) is 31.2 Å². The molecule has 0 radical (unpaired) electrons. The molecular formula is C27H28N2O3S. The van der Waals surface area contributed by atoms with Crippen LogP contribution in [0.25, 0.3) is 26.7 Å². The van der Waals surface area contributed by atoms with Gasteiger partial charge in [-0.15, -0.1) is 11.3 Å². The van der Waals surface area contributed by atoms with E-state index in [-0.39, 0.29) is 30.0 Å². The Morgan fingerprint density at radius 2 is 1.94 bits per heavy atom. The van der Waals surface area contributed by atoms with Crippen molar-refractivity contribution in [1.29, 1.82) is 0 Å². The monoisotopic (exact) mass is 460 g/mol. The number of benzene rings is 1. The number of rotatable bonds is 5. The van der Waals surface area contributed by atoms with Crippen molar-refractivity contribution in [2.45, 2.75) is 44.2 Å². The van der Waals surface area contributed by atoms with Crippen molar-refractivity contribution in [3.05, 3.63) is 76.0 Å². The molecule has 1 amide bonds. The lowest BCUT2D eigenvalue weighted by molar-refractivity contribution is -0.135. The van der Waals surface area contributed by atoms with Gasteiger partial charge in [-0.2, -0.15) is 0 Å². The van der Waals surface area contributed by atoms with Gasteiger partial charge in [-0.3, -0.25) is 14.0 Å². The van der Waals surface area contributed by atoms with Crippen molar-refractivity contribution in [3.8, 4) is 11.1 Å². The topological polar surface area (TPSA) is 51.0 Å². The number of carbonyl (C=O) groups is 1. The lowest BCUT2D eigenvalue weighted by Crippen LogP contribution is -2.47. The molecule has 1 aromatic carbocycles. The van der Waals surface area contributed by atoms with Crippen molar-refractivity contribution >= 4 is 32.8 Å². The molecule has 3 heterocycles. The number of pyridine rings is 2. The van der Waals surface area contributed by atoms with E-state index < -0.39 is 0 Å². The number of carbonyl (C=O) groups excluding carboxylic acids is 1. The highest BCUT2D eigenvalue weighted by atomic mass is 32.1. The highest BCUT2D eigenvalue weighted by molar-refractivity contribution is 7.18. The van der Waals surface area contributed by atoms with Gasteiger partial charge in [0.2, 0.25) is 5.91 Å². The largest absolute Gasteiger partial charge is 0.379 e. The van der Waals surface area contributed by atoms with Gasteiger partial charge in [0.1, 0.15) is 0 Å². The number of aromatic nitrogens is 1. The third-order valence-electron chi connectivity index (χ3n) is 6.91. The molecule has 1 saturated carbocycles. The summed E-state index contributed by atoms with van der Waals surface area (Å²) >= 11 is 1.60. The summed E-state index contributed by atoms with van der Waals surface area (Å²) in [6.45, 7) is 0. The number of fused-ring (bicyclic) bond motifs is 3. The fourth-order valence-electron chi connectivity index (χ4n) is 5.11. The highest BCUT2D eigenvalue weighted by Crippen LogP contribution is 2.31. The number of ether oxygens (including phenoxy) is 1. The molecule has 6 heteroatoms. The molecule has 1 fully saturated rings. The maximum atomic E-state index is 13.5. The third-order valence-corrected chi connectivity index (χ3v) is 7.85. The van der Waals surface area contributed by atoms with Crippen LogP contribution in [-0.4, -0.2) is 41.5 Å². The maximum absolute atomic E-state index is 13.5. The Morgan fingerprint density at radius 1 is 1.15 bits per heavy atom. The summed E-state index contributed by atoms with van der Waals surface area (Å²) in [6, 6.07) is 15.7. The zero-order chi connectivity index (χ0) is 22.9. The Morgan fingerprint density at radius 3 is 2.73 bits per heavy atom. The van der Waals surface area contributed by atoms with E-state index in [2.05, 4.69) is 6.07 Å². The second-order valence-electron chi connectivity index (χ2n) is 8.80. The first kappa shape index (κ1) is 21.9. The Labute approximate surface area is 197 Å². The van der Waals surface area contributed by atoms with E-state index >= 15 is 0 Å². The third kappa shape index (κ3) is 3.98. The van der Waals surface area contributed by atoms with Crippen LogP contribution in [-0.2, 0) is 16.0 Å². The quantitative estimate of drug-likeness (QED) is 0.414. The summed E-state index contributed by atoms with van der Waals surface area (Å²) in [5, 5.41) is 3.11. The van der Waals surface area contributed by atoms with E-state index in [0.29, 0.717) is 5.56 Å². The van der Waals surface area contributed by atoms with E-state index in [0.717, 1.165) is 52.4 Å². The Kier molecular flexibility index (Phi) is 6.04. The molecule has 33 heavy (non-hydrogen) atoms. The van der Waals surface area contributed by atoms with Gasteiger partial charge in [0.25, 0.3) is 5.56 Å². The van der Waals surface area contributed by atoms with Crippen LogP contribution < -0.4 is 5.56 Å². The highest BCUT2D eigenvalue weighted by Gasteiger charge is 2.31. The number of thiophene rings is 1. The van der Waals surface area contributed by atoms with Crippen LogP contribution in [0.5, 0.6) is 0 Å². The van der Waals surface area contributed by atoms with E-state index in [1.807, 2.05) is 66.0 Å². The van der Waals surface area contributed by atoms with Gasteiger partial charge in [0, 0.05) is 25.9 Å². The predicted octanol–water partition coefficient (Wildman–Crippen LogP) is 5.14. The minimum absolute atomic E-state index is 0.0528. The predicted molar refractivity (Wildman–Crippen MR) is 134 cm³/mol. The molecule has 5 rings (SSSR count). The van der Waals surface area contributed by atoms with Crippen molar-refractivity contribution in [2.24, 2.45) is 0 Å². The van der Waals surface area contributed by atoms with Crippen LogP contribution in [0.2, 0.25) is 0 Å². The Bertz CT molecular complexity index is 1360. The molecule has 0 bridgehead atoms. The van der Waals surface area contributed by atoms with Gasteiger partial charge in [-0.25, -0.2) is 0 Å². The number of likely N-dealkylation sites (N-methyl/N-ethyl adjacent to an activating group) is 1. The first-order valence-corrected chi connectivity index (χ1v) is 12.3. The Hall–Kier alpha value is -2.96. The second-order valence-corrected chi connectivity index (χ2v) is 9.72. The smallest absolute Gasteiger partial charge is 0.263 e. The zero-order valence-corrected chi connectivity index (χ0v) is 19.8. The molecular weight excluding hydrogens is 432 g/mol. The molecule has 1 aliphatic rings. The summed E-state index contributed by atoms with van der Waals surface area (Å²) in [7, 11) is 3.62. The average molecular weight is 461 g/mol. The lowest BCUT2D eigenvalue weighted by Gasteiger charge is -2.37. The summed E-state index contributed by atoms with van der Waals surface area (Å²) in [5.74, 6) is 0.0528. The molecule has 0 saturated heterocycles. The summed E-state index contributed by atoms with van der Waals surface area (Å²) < 4.78 is 8.44. The number of hydrogen-bond acceptors (Lipinski definition) is 4. The SMILES string of the molecule is CO[C@@H]1CCCC[C@H]1N(C)C(=O)Cc1cc(-c2ccccc2)c(=O)n2ccc3ccsc3c12. The molecule has 0 unspecified atom stereocenters. The van der Waals surface area contributed by atoms with Crippen LogP contribution in [0.15, 0.2) is 64.9 Å². The van der Waals surface area contributed by atoms with E-state index in [4.69, 9.17) is 4.74 Å². The second kappa shape index (κ2) is 9.12. The Balaban J connectivity index is 1.61. The molecule has 5 nitrogen and oxygen atoms in total. The van der Waals surface area contributed by atoms with Gasteiger partial charge in [-0.1, -0.05) is 43.2 Å². The van der Waals surface area contributed by atoms with Crippen LogP contribution >= 0.6 is 11.3 Å². The van der Waals surface area contributed by atoms with Crippen LogP contribution in [0, 0.1) is 0 Å². The molecule has 1 aliphatic carbocycles. The minimum atomic E-state index is -0.0669. The minimum Gasteiger partial charge on any atom is -0.379 e. The zero-order valence-electron chi connectivity index (χ0n) is 19.0. The number of nitrogens with zero attached hydrogens (tertiary/aromatic N) is 2. The standard InChI is InChI=1S/C27H28N2O3S/c1-28(22-10-6-7-11-23(22)32-2)24(30)17-20-16-21(18-8-4-3-5-9-18)27(31)29-14-12-19-13-15-33-26(19)25(20)29/h3-5,8-9,12-16,22-23H,6-7,10-11,17H2,1-2H3/t22-,23-/m1/s1. The molecule has 2 atom stereocenters. The van der Waals surface area contributed by atoms with Crippen molar-refractivity contribution in [3.63, 3.8) is 0 Å². The van der Waals surface area contributed by atoms with Gasteiger partial charge < -0.3 is 9.64 Å². The first-order chi connectivity index (χ1) is 16.1. The van der Waals surface area contributed by atoms with E-state index in [1.54, 1.807) is 22.8 Å². The van der Waals surface area contributed by atoms with E-state index in [9.17, 15) is 9.59 Å². The summed E-state index contributed by atoms with van der Waals surface area (Å²) in [5.41, 5.74) is 3.12. The van der Waals surface area contributed by atoms with Crippen molar-refractivity contribution in [2.75, 3.05) is 14.2 Å². The molecule has 170 valence electrons. The summed E-state index contributed by atoms with van der Waals surface area (Å²) in [6.07, 6.45) is 6.34. The van der Waals surface area contributed by atoms with Crippen LogP contribution in [0.4, 0.5) is 0 Å². The van der Waals surface area contributed by atoms with Crippen LogP contribution in [0.3, 0.4) is 0 Å². The van der Waals surface area contributed by atoms with Gasteiger partial charge >= 0.3 is 0 Å². The number of hydrogen-bond donors (Lipinski definition) is 0. The van der Waals surface area contributed by atoms with Gasteiger partial charge in [0.05, 0.1) is 28.8 Å². The molecule has 3 aromatic heterocycles. The van der Waals surface area contributed by atoms with Crippen molar-refractivity contribution < 1.29 is 9.53 Å².